The zero-order valence-electron chi connectivity index (χ0n) is 10.5. The van der Waals surface area contributed by atoms with Gasteiger partial charge in [-0.15, -0.1) is 0 Å². The van der Waals surface area contributed by atoms with Crippen molar-refractivity contribution in [3.63, 3.8) is 0 Å². The number of halogens is 1. The van der Waals surface area contributed by atoms with Crippen molar-refractivity contribution in [2.75, 3.05) is 7.11 Å². The number of benzene rings is 2. The Morgan fingerprint density at radius 1 is 1.16 bits per heavy atom. The Hall–Kier alpha value is -1.61. The van der Waals surface area contributed by atoms with Crippen LogP contribution in [0.25, 0.3) is 0 Å². The maximum absolute atomic E-state index is 12.6. The topological polar surface area (TPSA) is 26.3 Å². The third-order valence-corrected chi connectivity index (χ3v) is 4.68. The van der Waals surface area contributed by atoms with Crippen LogP contribution in [0.1, 0.15) is 21.5 Å². The minimum atomic E-state index is -0.661. The molecule has 1 aliphatic carbocycles. The van der Waals surface area contributed by atoms with Gasteiger partial charge in [-0.05, 0) is 29.7 Å². The van der Waals surface area contributed by atoms with Crippen LogP contribution in [0.5, 0.6) is 5.75 Å². The molecule has 0 spiro atoms. The minimum Gasteiger partial charge on any atom is -0.497 e. The summed E-state index contributed by atoms with van der Waals surface area (Å²) in [5.41, 5.74) is 2.84. The fraction of sp³-hybridized carbons (Fsp3) is 0.188. The highest BCUT2D eigenvalue weighted by molar-refractivity contribution is 9.10. The van der Waals surface area contributed by atoms with Crippen LogP contribution in [0.4, 0.5) is 0 Å². The smallest absolute Gasteiger partial charge is 0.184 e. The summed E-state index contributed by atoms with van der Waals surface area (Å²) in [6.07, 6.45) is 0.676. The molecule has 0 aromatic heterocycles. The van der Waals surface area contributed by atoms with Gasteiger partial charge in [-0.3, -0.25) is 4.79 Å². The molecule has 2 nitrogen and oxygen atoms in total. The number of fused-ring (bicyclic) bond motifs is 1. The van der Waals surface area contributed by atoms with Crippen molar-refractivity contribution in [3.8, 4) is 5.75 Å². The molecule has 19 heavy (non-hydrogen) atoms. The quantitative estimate of drug-likeness (QED) is 0.789. The van der Waals surface area contributed by atoms with Crippen LogP contribution in [0.2, 0.25) is 0 Å². The van der Waals surface area contributed by atoms with Crippen molar-refractivity contribution in [2.24, 2.45) is 0 Å². The Kier molecular flexibility index (Phi) is 2.94. The number of carbonyl (C=O) groups is 1. The standard InChI is InChI=1S/C16H13BrO2/c1-19-13-7-4-6-12(9-13)16(17)10-11-5-2-3-8-14(11)15(16)18/h2-9H,10H2,1H3. The van der Waals surface area contributed by atoms with Crippen LogP contribution >= 0.6 is 15.9 Å². The number of methoxy groups -OCH3 is 1. The molecule has 1 atom stereocenters. The van der Waals surface area contributed by atoms with Gasteiger partial charge in [0.2, 0.25) is 0 Å². The number of rotatable bonds is 2. The Morgan fingerprint density at radius 2 is 1.95 bits per heavy atom. The van der Waals surface area contributed by atoms with E-state index in [1.165, 1.54) is 0 Å². The van der Waals surface area contributed by atoms with Crippen LogP contribution in [0, 0.1) is 0 Å². The monoisotopic (exact) mass is 316 g/mol. The van der Waals surface area contributed by atoms with Gasteiger partial charge in [-0.2, -0.15) is 0 Å². The Morgan fingerprint density at radius 3 is 2.68 bits per heavy atom. The van der Waals surface area contributed by atoms with E-state index in [4.69, 9.17) is 4.74 Å². The zero-order valence-corrected chi connectivity index (χ0v) is 12.1. The van der Waals surface area contributed by atoms with E-state index in [1.54, 1.807) is 7.11 Å². The lowest BCUT2D eigenvalue weighted by atomic mass is 9.95. The van der Waals surface area contributed by atoms with Crippen molar-refractivity contribution in [3.05, 3.63) is 65.2 Å². The molecule has 2 aromatic rings. The Balaban J connectivity index is 2.08. The molecule has 0 N–H and O–H groups in total. The van der Waals surface area contributed by atoms with Gasteiger partial charge in [0.25, 0.3) is 0 Å². The van der Waals surface area contributed by atoms with E-state index in [0.29, 0.717) is 6.42 Å². The average molecular weight is 317 g/mol. The molecule has 0 bridgehead atoms. The summed E-state index contributed by atoms with van der Waals surface area (Å²) in [5, 5.41) is 0. The lowest BCUT2D eigenvalue weighted by Gasteiger charge is -2.20. The van der Waals surface area contributed by atoms with Crippen molar-refractivity contribution in [2.45, 2.75) is 10.7 Å². The molecule has 0 saturated heterocycles. The number of ketones is 1. The normalized spacial score (nSPS) is 21.3. The van der Waals surface area contributed by atoms with E-state index in [9.17, 15) is 4.79 Å². The molecule has 0 aliphatic heterocycles. The minimum absolute atomic E-state index is 0.122. The second kappa shape index (κ2) is 4.49. The van der Waals surface area contributed by atoms with Crippen LogP contribution in [0.3, 0.4) is 0 Å². The summed E-state index contributed by atoms with van der Waals surface area (Å²) < 4.78 is 4.58. The molecule has 1 aliphatic rings. The van der Waals surface area contributed by atoms with Gasteiger partial charge in [-0.1, -0.05) is 52.3 Å². The summed E-state index contributed by atoms with van der Waals surface area (Å²) in [6, 6.07) is 15.4. The first-order chi connectivity index (χ1) is 9.15. The second-order valence-corrected chi connectivity index (χ2v) is 6.05. The number of ether oxygens (including phenoxy) is 1. The third kappa shape index (κ3) is 1.89. The predicted molar refractivity (Wildman–Crippen MR) is 78.1 cm³/mol. The van der Waals surface area contributed by atoms with E-state index in [-0.39, 0.29) is 5.78 Å². The van der Waals surface area contributed by atoms with E-state index < -0.39 is 4.32 Å². The molecule has 0 saturated carbocycles. The van der Waals surface area contributed by atoms with Crippen LogP contribution in [-0.2, 0) is 10.7 Å². The second-order valence-electron chi connectivity index (χ2n) is 4.70. The first-order valence-corrected chi connectivity index (χ1v) is 6.90. The van der Waals surface area contributed by atoms with Gasteiger partial charge in [-0.25, -0.2) is 0 Å². The van der Waals surface area contributed by atoms with Crippen LogP contribution in [0.15, 0.2) is 48.5 Å². The fourth-order valence-corrected chi connectivity index (χ4v) is 3.32. The number of Topliss-reactive ketones (excluding diaryl/α,β-unsaturated/α-hetero) is 1. The summed E-state index contributed by atoms with van der Waals surface area (Å²) in [5.74, 6) is 0.886. The maximum Gasteiger partial charge on any atom is 0.184 e. The van der Waals surface area contributed by atoms with Gasteiger partial charge < -0.3 is 4.74 Å². The summed E-state index contributed by atoms with van der Waals surface area (Å²) in [6.45, 7) is 0. The number of carbonyl (C=O) groups excluding carboxylic acids is 1. The van der Waals surface area contributed by atoms with Gasteiger partial charge in [0, 0.05) is 5.56 Å². The fourth-order valence-electron chi connectivity index (χ4n) is 2.55. The molecule has 0 radical (unpaired) electrons. The molecule has 0 fully saturated rings. The summed E-state index contributed by atoms with van der Waals surface area (Å²) in [4.78, 5) is 12.6. The van der Waals surface area contributed by atoms with Crippen molar-refractivity contribution in [1.82, 2.24) is 0 Å². The van der Waals surface area contributed by atoms with Crippen LogP contribution in [-0.4, -0.2) is 12.9 Å². The van der Waals surface area contributed by atoms with Crippen molar-refractivity contribution < 1.29 is 9.53 Å². The molecule has 96 valence electrons. The summed E-state index contributed by atoms with van der Waals surface area (Å²) >= 11 is 3.66. The van der Waals surface area contributed by atoms with E-state index >= 15 is 0 Å². The SMILES string of the molecule is COc1cccc(C2(Br)Cc3ccccc3C2=O)c1. The molecule has 3 heteroatoms. The average Bonchev–Trinajstić information content (AvgIpc) is 2.72. The number of alkyl halides is 1. The van der Waals surface area contributed by atoms with E-state index in [0.717, 1.165) is 22.4 Å². The molecular formula is C16H13BrO2. The molecule has 0 amide bonds. The van der Waals surface area contributed by atoms with Crippen molar-refractivity contribution in [1.29, 1.82) is 0 Å². The first-order valence-electron chi connectivity index (χ1n) is 6.11. The largest absolute Gasteiger partial charge is 0.497 e. The number of hydrogen-bond acceptors (Lipinski definition) is 2. The lowest BCUT2D eigenvalue weighted by Crippen LogP contribution is -2.25. The van der Waals surface area contributed by atoms with E-state index in [1.807, 2.05) is 48.5 Å². The number of hydrogen-bond donors (Lipinski definition) is 0. The van der Waals surface area contributed by atoms with Crippen molar-refractivity contribution >= 4 is 21.7 Å². The highest BCUT2D eigenvalue weighted by atomic mass is 79.9. The van der Waals surface area contributed by atoms with Crippen LogP contribution < -0.4 is 4.74 Å². The first kappa shape index (κ1) is 12.4. The molecule has 2 aromatic carbocycles. The third-order valence-electron chi connectivity index (χ3n) is 3.58. The molecule has 3 rings (SSSR count). The van der Waals surface area contributed by atoms with Gasteiger partial charge in [0.05, 0.1) is 7.11 Å². The summed E-state index contributed by atoms with van der Waals surface area (Å²) in [7, 11) is 1.63. The Labute approximate surface area is 120 Å². The predicted octanol–water partition coefficient (Wildman–Crippen LogP) is 3.72. The van der Waals surface area contributed by atoms with Gasteiger partial charge >= 0.3 is 0 Å². The lowest BCUT2D eigenvalue weighted by molar-refractivity contribution is 0.0960. The highest BCUT2D eigenvalue weighted by Crippen LogP contribution is 2.45. The molecule has 0 heterocycles. The van der Waals surface area contributed by atoms with E-state index in [2.05, 4.69) is 15.9 Å². The molecule has 1 unspecified atom stereocenters. The Bertz CT molecular complexity index is 651. The van der Waals surface area contributed by atoms with Gasteiger partial charge in [0.15, 0.2) is 5.78 Å². The zero-order chi connectivity index (χ0) is 13.5. The maximum atomic E-state index is 12.6. The highest BCUT2D eigenvalue weighted by Gasteiger charge is 2.44. The van der Waals surface area contributed by atoms with Gasteiger partial charge in [0.1, 0.15) is 10.1 Å². The molecular weight excluding hydrogens is 304 g/mol.